The minimum atomic E-state index is -0.302. The molecule has 3 heterocycles. The van der Waals surface area contributed by atoms with Gasteiger partial charge in [-0.15, -0.1) is 0 Å². The molecule has 2 saturated carbocycles. The van der Waals surface area contributed by atoms with E-state index >= 15 is 0 Å². The van der Waals surface area contributed by atoms with Gasteiger partial charge in [0.25, 0.3) is 6.71 Å². The van der Waals surface area contributed by atoms with Gasteiger partial charge in [-0.1, -0.05) is 319 Å². The molecule has 0 radical (unpaired) electrons. The third kappa shape index (κ3) is 11.5. The minimum absolute atomic E-state index is 0.00197. The summed E-state index contributed by atoms with van der Waals surface area (Å²) in [6.45, 7) is 21.7. The summed E-state index contributed by atoms with van der Waals surface area (Å²) in [5.41, 5.74) is 38.6. The van der Waals surface area contributed by atoms with Gasteiger partial charge < -0.3 is 14.4 Å². The fourth-order valence-electron chi connectivity index (χ4n) is 20.9. The number of anilines is 6. The second kappa shape index (κ2) is 26.5. The van der Waals surface area contributed by atoms with Gasteiger partial charge in [-0.05, 0) is 222 Å². The normalized spacial score (nSPS) is 19.0. The predicted molar refractivity (Wildman–Crippen MR) is 469 cm³/mol. The lowest BCUT2D eigenvalue weighted by Gasteiger charge is -2.48. The fraction of sp³-hybridized carbons (Fsp3) is 0.264. The number of rotatable bonds is 10. The van der Waals surface area contributed by atoms with Crippen molar-refractivity contribution in [1.29, 1.82) is 0 Å². The maximum Gasteiger partial charge on any atom is 0.252 e. The van der Waals surface area contributed by atoms with Crippen molar-refractivity contribution in [2.45, 2.75) is 150 Å². The van der Waals surface area contributed by atoms with Gasteiger partial charge in [-0.3, -0.25) is 0 Å². The Bertz CT molecular complexity index is 5720. The van der Waals surface area contributed by atoms with Crippen molar-refractivity contribution in [3.05, 3.63) is 329 Å². The van der Waals surface area contributed by atoms with E-state index in [9.17, 15) is 0 Å². The molecule has 0 spiro atoms. The third-order valence-electron chi connectivity index (χ3n) is 26.6. The zero-order valence-electron chi connectivity index (χ0n) is 65.6. The van der Waals surface area contributed by atoms with E-state index in [1.165, 1.54) is 237 Å². The van der Waals surface area contributed by atoms with Crippen molar-refractivity contribution < 1.29 is 0 Å². The van der Waals surface area contributed by atoms with Crippen molar-refractivity contribution >= 4 is 84.6 Å². The highest BCUT2D eigenvalue weighted by molar-refractivity contribution is 7.00. The Morgan fingerprint density at radius 3 is 1.32 bits per heavy atom. The predicted octanol–water partition coefficient (Wildman–Crippen LogP) is 27.3. The van der Waals surface area contributed by atoms with Gasteiger partial charge in [0, 0.05) is 73.3 Å². The van der Waals surface area contributed by atoms with Gasteiger partial charge in [0.2, 0.25) is 0 Å². The Morgan fingerprint density at radius 1 is 0.382 bits per heavy atom. The summed E-state index contributed by atoms with van der Waals surface area (Å²) in [7, 11) is 0. The van der Waals surface area contributed by atoms with Crippen molar-refractivity contribution in [2.75, 3.05) is 9.80 Å². The summed E-state index contributed by atoms with van der Waals surface area (Å²) >= 11 is 0. The Balaban J connectivity index is 0.949. The van der Waals surface area contributed by atoms with E-state index in [4.69, 9.17) is 0 Å². The average molecular weight is 1430 g/mol. The lowest BCUT2D eigenvalue weighted by Crippen LogP contribution is -2.61. The highest BCUT2D eigenvalue weighted by atomic mass is 15.2. The molecular weight excluding hydrogens is 1330 g/mol. The summed E-state index contributed by atoms with van der Waals surface area (Å²) in [4.78, 5) is 5.66. The van der Waals surface area contributed by atoms with Crippen molar-refractivity contribution in [2.24, 2.45) is 28.6 Å². The maximum absolute atomic E-state index is 2.85. The van der Waals surface area contributed by atoms with E-state index in [1.54, 1.807) is 0 Å². The van der Waals surface area contributed by atoms with Crippen LogP contribution in [-0.2, 0) is 5.41 Å². The van der Waals surface area contributed by atoms with Crippen LogP contribution in [0.4, 0.5) is 34.1 Å². The first kappa shape index (κ1) is 68.6. The van der Waals surface area contributed by atoms with Crippen LogP contribution >= 0.6 is 0 Å². The molecule has 2 fully saturated rings. The number of nitrogens with zero attached hydrogens (tertiary/aromatic N) is 3. The van der Waals surface area contributed by atoms with Crippen molar-refractivity contribution in [3.63, 3.8) is 0 Å². The van der Waals surface area contributed by atoms with E-state index in [2.05, 4.69) is 356 Å². The number of para-hydroxylation sites is 2. The molecule has 6 aliphatic carbocycles. The molecule has 542 valence electrons. The van der Waals surface area contributed by atoms with Crippen molar-refractivity contribution in [3.8, 4) is 50.2 Å². The highest BCUT2D eigenvalue weighted by Gasteiger charge is 2.49. The number of aromatic nitrogens is 1. The third-order valence-corrected chi connectivity index (χ3v) is 26.6. The molecule has 8 aliphatic rings. The molecule has 3 unspecified atom stereocenters. The summed E-state index contributed by atoms with van der Waals surface area (Å²) in [5.74, 6) is 1.93. The van der Waals surface area contributed by atoms with Gasteiger partial charge in [0.15, 0.2) is 0 Å². The Labute approximate surface area is 652 Å². The summed E-state index contributed by atoms with van der Waals surface area (Å²) in [6.07, 6.45) is 29.1. The standard InChI is InChI=1S/C106H100BN3/c1-104(2,3)79-54-74-48-49-75-55-80(105(4,5)6)63-90-85(61-78(56-79)99(74)100(75)90)73-50-52-91-95(62-73)109(102-86(69-36-20-12-21-37-69)57-76(67-32-16-10-17-33-67)58-87(102)70-38-22-13-23-39-70)97-64-81(106(7,8)9)65-98-101(97)107(91)92-53-51-82(108-93-46-30-28-44-83(93)84-45-29-31-47-94(84)108)66-96(92)110(98)103-88(71-40-24-14-25-41-71)59-77(68-34-18-11-19-35-68)60-89(103)72-42-26-15-27-43-72/h12-15,20-31,36-54,56-68,75,99-100H,10-11,16-19,32-35,55H2,1-9H3. The number of hydrogen-bond donors (Lipinski definition) is 0. The largest absolute Gasteiger partial charge is 0.310 e. The van der Waals surface area contributed by atoms with E-state index in [1.807, 2.05) is 0 Å². The zero-order chi connectivity index (χ0) is 74.5. The molecule has 3 atom stereocenters. The molecule has 3 nitrogen and oxygen atoms in total. The molecular formula is C106H100BN3. The monoisotopic (exact) mass is 1430 g/mol. The second-order valence-corrected chi connectivity index (χ2v) is 36.4. The molecule has 0 N–H and O–H groups in total. The molecule has 4 heteroatoms. The zero-order valence-corrected chi connectivity index (χ0v) is 65.6. The first-order valence-electron chi connectivity index (χ1n) is 41.4. The van der Waals surface area contributed by atoms with E-state index in [0.717, 1.165) is 12.1 Å². The lowest BCUT2D eigenvalue weighted by molar-refractivity contribution is 0.329. The Morgan fingerprint density at radius 2 is 0.845 bits per heavy atom. The van der Waals surface area contributed by atoms with Gasteiger partial charge in [0.05, 0.1) is 22.4 Å². The van der Waals surface area contributed by atoms with E-state index in [0.29, 0.717) is 29.6 Å². The average Bonchev–Trinajstić information content (AvgIpc) is 0.739. The summed E-state index contributed by atoms with van der Waals surface area (Å²) in [6, 6.07) is 95.6. The highest BCUT2D eigenvalue weighted by Crippen LogP contribution is 2.60. The molecule has 110 heavy (non-hydrogen) atoms. The Kier molecular flexibility index (Phi) is 16.5. The van der Waals surface area contributed by atoms with Crippen LogP contribution in [0.1, 0.15) is 167 Å². The van der Waals surface area contributed by atoms with E-state index < -0.39 is 0 Å². The first-order chi connectivity index (χ1) is 53.5. The molecule has 1 aromatic heterocycles. The molecule has 20 rings (SSSR count). The van der Waals surface area contributed by atoms with Crippen LogP contribution in [-0.4, -0.2) is 11.3 Å². The second-order valence-electron chi connectivity index (χ2n) is 36.4. The first-order valence-corrected chi connectivity index (χ1v) is 41.4. The number of hydrogen-bond acceptors (Lipinski definition) is 2. The van der Waals surface area contributed by atoms with Gasteiger partial charge in [-0.25, -0.2) is 0 Å². The molecule has 11 aromatic carbocycles. The molecule has 12 aromatic rings. The van der Waals surface area contributed by atoms with Crippen LogP contribution in [0.15, 0.2) is 307 Å². The van der Waals surface area contributed by atoms with Crippen LogP contribution in [0, 0.1) is 28.6 Å². The maximum atomic E-state index is 2.85. The summed E-state index contributed by atoms with van der Waals surface area (Å²) < 4.78 is 2.55. The number of allylic oxidation sites excluding steroid dienone is 12. The number of benzene rings is 11. The quantitative estimate of drug-likeness (QED) is 0.126. The van der Waals surface area contributed by atoms with Crippen LogP contribution in [0.5, 0.6) is 0 Å². The lowest BCUT2D eigenvalue weighted by atomic mass is 9.33. The molecule has 0 saturated heterocycles. The van der Waals surface area contributed by atoms with Crippen LogP contribution in [0.2, 0.25) is 0 Å². The van der Waals surface area contributed by atoms with Crippen LogP contribution < -0.4 is 26.2 Å². The topological polar surface area (TPSA) is 11.4 Å². The molecule has 0 bridgehead atoms. The van der Waals surface area contributed by atoms with Crippen LogP contribution in [0.25, 0.3) is 77.6 Å². The van der Waals surface area contributed by atoms with Crippen LogP contribution in [0.3, 0.4) is 0 Å². The fourth-order valence-corrected chi connectivity index (χ4v) is 20.9. The number of fused-ring (bicyclic) bond motifs is 7. The van der Waals surface area contributed by atoms with Gasteiger partial charge >= 0.3 is 0 Å². The van der Waals surface area contributed by atoms with Gasteiger partial charge in [0.1, 0.15) is 0 Å². The molecule has 2 aliphatic heterocycles. The SMILES string of the molecule is CC(C)(C)C1=CC2=CC(c3ccc4c(c3)N(c3c(-c5ccccc5)cc(C5CCCCC5)cc3-c3ccccc3)c3cc(C(C)(C)C)cc5c3B4c3ccc(-n4c6ccccc6c6ccccc64)cc3N5c3c(-c4ccccc4)cc(C4CCCCC4)cc3-c3ccccc3)=C3C=C(C(C)(C)C)CC4C=CC(=C1)C2C34. The smallest absolute Gasteiger partial charge is 0.252 e. The van der Waals surface area contributed by atoms with Gasteiger partial charge in [-0.2, -0.15) is 0 Å². The summed E-state index contributed by atoms with van der Waals surface area (Å²) in [5, 5.41) is 2.51. The minimum Gasteiger partial charge on any atom is -0.310 e. The van der Waals surface area contributed by atoms with E-state index in [-0.39, 0.29) is 23.0 Å². The van der Waals surface area contributed by atoms with Crippen molar-refractivity contribution in [1.82, 2.24) is 4.57 Å². The molecule has 0 amide bonds. The Hall–Kier alpha value is -10.7.